The Hall–Kier alpha value is -1.79. The molecular formula is C21H31N2O4+. The number of hydrogen-bond donors (Lipinski definition) is 3. The first-order valence-electron chi connectivity index (χ1n) is 10.3. The second-order valence-corrected chi connectivity index (χ2v) is 8.46. The largest absolute Gasteiger partial charge is 0.454 e. The molecule has 0 aromatic heterocycles. The van der Waals surface area contributed by atoms with Crippen LogP contribution in [0.2, 0.25) is 0 Å². The number of rotatable bonds is 4. The molecule has 1 aliphatic carbocycles. The molecule has 1 aromatic carbocycles. The minimum atomic E-state index is -0.848. The Morgan fingerprint density at radius 2 is 1.96 bits per heavy atom. The summed E-state index contributed by atoms with van der Waals surface area (Å²) in [4.78, 5) is 13.7. The minimum absolute atomic E-state index is 0.150. The first-order chi connectivity index (χ1) is 13.0. The highest BCUT2D eigenvalue weighted by Crippen LogP contribution is 2.38. The normalized spacial score (nSPS) is 32.9. The van der Waals surface area contributed by atoms with Gasteiger partial charge in [-0.2, -0.15) is 0 Å². The molecule has 148 valence electrons. The Morgan fingerprint density at radius 1 is 1.22 bits per heavy atom. The molecule has 6 heteroatoms. The van der Waals surface area contributed by atoms with Gasteiger partial charge >= 0.3 is 0 Å². The number of quaternary nitrogens is 1. The van der Waals surface area contributed by atoms with Gasteiger partial charge in [-0.05, 0) is 36.5 Å². The fourth-order valence-electron chi connectivity index (χ4n) is 4.68. The Labute approximate surface area is 160 Å². The Balaban J connectivity index is 1.30. The predicted molar refractivity (Wildman–Crippen MR) is 101 cm³/mol. The maximum atomic E-state index is 12.5. The monoisotopic (exact) mass is 375 g/mol. The molecule has 1 amide bonds. The summed E-state index contributed by atoms with van der Waals surface area (Å²) >= 11 is 0. The number of benzene rings is 1. The third kappa shape index (κ3) is 4.06. The van der Waals surface area contributed by atoms with Crippen LogP contribution in [0.4, 0.5) is 0 Å². The summed E-state index contributed by atoms with van der Waals surface area (Å²) in [6.45, 7) is 4.56. The number of fused-ring (bicyclic) bond motifs is 1. The van der Waals surface area contributed by atoms with E-state index in [4.69, 9.17) is 9.47 Å². The van der Waals surface area contributed by atoms with Crippen molar-refractivity contribution < 1.29 is 24.3 Å². The molecule has 27 heavy (non-hydrogen) atoms. The van der Waals surface area contributed by atoms with Crippen molar-refractivity contribution in [2.24, 2.45) is 5.92 Å². The van der Waals surface area contributed by atoms with E-state index in [-0.39, 0.29) is 12.7 Å². The van der Waals surface area contributed by atoms with Gasteiger partial charge in [0.05, 0.1) is 13.1 Å². The van der Waals surface area contributed by atoms with Crippen molar-refractivity contribution in [3.8, 4) is 11.5 Å². The molecule has 3 N–H and O–H groups in total. The lowest BCUT2D eigenvalue weighted by molar-refractivity contribution is -0.900. The van der Waals surface area contributed by atoms with E-state index in [1.54, 1.807) is 0 Å². The van der Waals surface area contributed by atoms with Crippen LogP contribution in [0.3, 0.4) is 0 Å². The topological polar surface area (TPSA) is 72.2 Å². The van der Waals surface area contributed by atoms with Gasteiger partial charge in [0, 0.05) is 18.9 Å². The van der Waals surface area contributed by atoms with Crippen molar-refractivity contribution in [3.63, 3.8) is 0 Å². The fourth-order valence-corrected chi connectivity index (χ4v) is 4.68. The van der Waals surface area contributed by atoms with Crippen molar-refractivity contribution in [1.82, 2.24) is 5.32 Å². The van der Waals surface area contributed by atoms with Gasteiger partial charge in [-0.3, -0.25) is 4.79 Å². The molecule has 2 heterocycles. The van der Waals surface area contributed by atoms with Crippen LogP contribution < -0.4 is 19.7 Å². The van der Waals surface area contributed by atoms with Gasteiger partial charge < -0.3 is 24.8 Å². The van der Waals surface area contributed by atoms with Crippen molar-refractivity contribution in [3.05, 3.63) is 23.8 Å². The summed E-state index contributed by atoms with van der Waals surface area (Å²) in [7, 11) is 0. The number of nitrogens with one attached hydrogen (secondary N) is 2. The van der Waals surface area contributed by atoms with Gasteiger partial charge in [-0.25, -0.2) is 0 Å². The lowest BCUT2D eigenvalue weighted by Crippen LogP contribution is -3.14. The molecule has 1 saturated carbocycles. The fraction of sp³-hybridized carbons (Fsp3) is 0.667. The lowest BCUT2D eigenvalue weighted by atomic mass is 9.84. The highest BCUT2D eigenvalue weighted by atomic mass is 16.7. The van der Waals surface area contributed by atoms with E-state index in [1.165, 1.54) is 24.2 Å². The SMILES string of the molecule is C[C@@H]1CCCC[C@@H]1NC(=O)C[NH+]1CCC(O)(c2ccc3c(c2)OCO3)CC1. The van der Waals surface area contributed by atoms with E-state index >= 15 is 0 Å². The molecule has 2 aliphatic heterocycles. The molecule has 6 nitrogen and oxygen atoms in total. The number of hydrogen-bond acceptors (Lipinski definition) is 4. The number of ether oxygens (including phenoxy) is 2. The second kappa shape index (κ2) is 7.68. The van der Waals surface area contributed by atoms with Gasteiger partial charge in [-0.1, -0.05) is 25.8 Å². The first kappa shape index (κ1) is 18.6. The van der Waals surface area contributed by atoms with Crippen LogP contribution in [0.5, 0.6) is 11.5 Å². The summed E-state index contributed by atoms with van der Waals surface area (Å²) in [6.07, 6.45) is 6.11. The number of likely N-dealkylation sites (tertiary alicyclic amines) is 1. The maximum Gasteiger partial charge on any atom is 0.275 e. The number of amides is 1. The zero-order chi connectivity index (χ0) is 18.9. The van der Waals surface area contributed by atoms with Crippen LogP contribution in [-0.2, 0) is 10.4 Å². The summed E-state index contributed by atoms with van der Waals surface area (Å²) in [5, 5.41) is 14.4. The quantitative estimate of drug-likeness (QED) is 0.734. The van der Waals surface area contributed by atoms with E-state index in [2.05, 4.69) is 12.2 Å². The molecule has 2 atom stereocenters. The molecule has 0 bridgehead atoms. The van der Waals surface area contributed by atoms with E-state index in [0.717, 1.165) is 30.8 Å². The molecule has 0 spiro atoms. The smallest absolute Gasteiger partial charge is 0.275 e. The highest BCUT2D eigenvalue weighted by molar-refractivity contribution is 5.77. The zero-order valence-electron chi connectivity index (χ0n) is 16.1. The summed E-state index contributed by atoms with van der Waals surface area (Å²) in [5.41, 5.74) is 0.0324. The molecule has 1 saturated heterocycles. The van der Waals surface area contributed by atoms with Crippen molar-refractivity contribution in [1.29, 1.82) is 0 Å². The Bertz CT molecular complexity index is 685. The molecule has 4 rings (SSSR count). The maximum absolute atomic E-state index is 12.5. The van der Waals surface area contributed by atoms with Gasteiger partial charge in [0.1, 0.15) is 5.60 Å². The standard InChI is InChI=1S/C21H30N2O4/c1-15-4-2-3-5-17(15)22-20(24)13-23-10-8-21(25,9-11-23)16-6-7-18-19(12-16)27-14-26-18/h6-7,12,15,17,25H,2-5,8-11,13-14H2,1H3,(H,22,24)/p+1/t15-,17+/m1/s1. The van der Waals surface area contributed by atoms with E-state index in [9.17, 15) is 9.90 Å². The third-order valence-electron chi connectivity index (χ3n) is 6.56. The number of piperidine rings is 1. The average molecular weight is 375 g/mol. The van der Waals surface area contributed by atoms with Gasteiger partial charge in [0.2, 0.25) is 6.79 Å². The van der Waals surface area contributed by atoms with Crippen LogP contribution in [0.1, 0.15) is 51.0 Å². The van der Waals surface area contributed by atoms with Gasteiger partial charge in [0.25, 0.3) is 5.91 Å². The lowest BCUT2D eigenvalue weighted by Gasteiger charge is -2.36. The molecule has 1 aromatic rings. The van der Waals surface area contributed by atoms with Crippen molar-refractivity contribution in [2.45, 2.75) is 57.1 Å². The van der Waals surface area contributed by atoms with Gasteiger partial charge in [-0.15, -0.1) is 0 Å². The van der Waals surface area contributed by atoms with E-state index in [1.807, 2.05) is 18.2 Å². The second-order valence-electron chi connectivity index (χ2n) is 8.46. The van der Waals surface area contributed by atoms with Crippen molar-refractivity contribution >= 4 is 5.91 Å². The molecular weight excluding hydrogens is 344 g/mol. The van der Waals surface area contributed by atoms with Crippen LogP contribution >= 0.6 is 0 Å². The van der Waals surface area contributed by atoms with Crippen LogP contribution in [-0.4, -0.2) is 43.5 Å². The van der Waals surface area contributed by atoms with E-state index < -0.39 is 5.60 Å². The minimum Gasteiger partial charge on any atom is -0.454 e. The molecule has 2 fully saturated rings. The van der Waals surface area contributed by atoms with Crippen LogP contribution in [0.15, 0.2) is 18.2 Å². The first-order valence-corrected chi connectivity index (χ1v) is 10.3. The Kier molecular flexibility index (Phi) is 5.28. The number of carbonyl (C=O) groups is 1. The molecule has 0 radical (unpaired) electrons. The average Bonchev–Trinajstić information content (AvgIpc) is 3.13. The number of carbonyl (C=O) groups excluding carboxylic acids is 1. The molecule has 3 aliphatic rings. The number of aliphatic hydroxyl groups is 1. The van der Waals surface area contributed by atoms with Gasteiger partial charge in [0.15, 0.2) is 18.0 Å². The highest BCUT2D eigenvalue weighted by Gasteiger charge is 2.38. The Morgan fingerprint density at radius 3 is 2.74 bits per heavy atom. The predicted octanol–water partition coefficient (Wildman–Crippen LogP) is 0.977. The van der Waals surface area contributed by atoms with Crippen LogP contribution in [0, 0.1) is 5.92 Å². The van der Waals surface area contributed by atoms with E-state index in [0.29, 0.717) is 37.1 Å². The zero-order valence-corrected chi connectivity index (χ0v) is 16.1. The summed E-state index contributed by atoms with van der Waals surface area (Å²) in [6, 6.07) is 6.02. The van der Waals surface area contributed by atoms with Crippen molar-refractivity contribution in [2.75, 3.05) is 26.4 Å². The van der Waals surface area contributed by atoms with Crippen LogP contribution in [0.25, 0.3) is 0 Å². The summed E-state index contributed by atoms with van der Waals surface area (Å²) < 4.78 is 10.8. The summed E-state index contributed by atoms with van der Waals surface area (Å²) in [5.74, 6) is 2.17. The third-order valence-corrected chi connectivity index (χ3v) is 6.56. The molecule has 0 unspecified atom stereocenters.